The molecule has 2 aromatic rings. The number of aryl methyl sites for hydroxylation is 1. The van der Waals surface area contributed by atoms with Crippen molar-refractivity contribution in [2.75, 3.05) is 11.9 Å². The Kier molecular flexibility index (Phi) is 4.94. The zero-order valence-corrected chi connectivity index (χ0v) is 14.4. The van der Waals surface area contributed by atoms with Crippen LogP contribution in [0.15, 0.2) is 47.5 Å². The molecule has 0 aliphatic carbocycles. The number of hydrogen-bond donors (Lipinski definition) is 0. The molecule has 2 rings (SSSR count). The topological polar surface area (TPSA) is 16.1 Å². The molecule has 1 aromatic heterocycles. The molecule has 3 heteroatoms. The number of benzene rings is 1. The van der Waals surface area contributed by atoms with Crippen LogP contribution in [0, 0.1) is 6.92 Å². The molecule has 0 radical (unpaired) electrons. The second kappa shape index (κ2) is 6.52. The lowest BCUT2D eigenvalue weighted by atomic mass is 10.2. The molecule has 2 nitrogen and oxygen atoms in total. The molecule has 0 spiro atoms. The van der Waals surface area contributed by atoms with Crippen molar-refractivity contribution in [3.05, 3.63) is 53.7 Å². The fourth-order valence-electron chi connectivity index (χ4n) is 2.11. The van der Waals surface area contributed by atoms with E-state index in [-0.39, 0.29) is 4.75 Å². The highest BCUT2D eigenvalue weighted by atomic mass is 32.2. The van der Waals surface area contributed by atoms with Crippen LogP contribution in [-0.4, -0.2) is 16.8 Å². The van der Waals surface area contributed by atoms with E-state index in [0.717, 1.165) is 12.4 Å². The highest BCUT2D eigenvalue weighted by molar-refractivity contribution is 8.00. The molecule has 0 saturated heterocycles. The van der Waals surface area contributed by atoms with Crippen LogP contribution in [0.25, 0.3) is 0 Å². The van der Waals surface area contributed by atoms with Crippen molar-refractivity contribution in [2.45, 2.75) is 43.9 Å². The maximum atomic E-state index is 4.62. The van der Waals surface area contributed by atoms with Crippen LogP contribution in [0.5, 0.6) is 0 Å². The van der Waals surface area contributed by atoms with Gasteiger partial charge in [0.05, 0.1) is 0 Å². The monoisotopic (exact) mass is 300 g/mol. The summed E-state index contributed by atoms with van der Waals surface area (Å²) in [5.41, 5.74) is 2.59. The lowest BCUT2D eigenvalue weighted by molar-refractivity contribution is 0.801. The van der Waals surface area contributed by atoms with Crippen molar-refractivity contribution in [3.63, 3.8) is 0 Å². The van der Waals surface area contributed by atoms with Gasteiger partial charge in [-0.25, -0.2) is 4.98 Å². The zero-order valence-electron chi connectivity index (χ0n) is 13.6. The van der Waals surface area contributed by atoms with Crippen molar-refractivity contribution in [1.29, 1.82) is 0 Å². The Morgan fingerprint density at radius 1 is 1.14 bits per heavy atom. The lowest BCUT2D eigenvalue weighted by Gasteiger charge is -2.22. The van der Waals surface area contributed by atoms with Gasteiger partial charge in [-0.1, -0.05) is 51.1 Å². The molecule has 21 heavy (non-hydrogen) atoms. The molecule has 1 aromatic carbocycles. The maximum absolute atomic E-state index is 4.62. The molecule has 0 bridgehead atoms. The third kappa shape index (κ3) is 4.78. The minimum atomic E-state index is 0.212. The molecular weight excluding hydrogens is 276 g/mol. The summed E-state index contributed by atoms with van der Waals surface area (Å²) in [6.45, 7) is 9.72. The maximum Gasteiger partial charge on any atom is 0.128 e. The van der Waals surface area contributed by atoms with E-state index in [9.17, 15) is 0 Å². The number of rotatable bonds is 4. The summed E-state index contributed by atoms with van der Waals surface area (Å²) in [5, 5.41) is 0. The Morgan fingerprint density at radius 2 is 1.81 bits per heavy atom. The van der Waals surface area contributed by atoms with Crippen molar-refractivity contribution in [1.82, 2.24) is 4.98 Å². The van der Waals surface area contributed by atoms with Gasteiger partial charge in [-0.2, -0.15) is 0 Å². The number of anilines is 1. The fraction of sp³-hybridized carbons (Fsp3) is 0.389. The first-order chi connectivity index (χ1) is 9.85. The highest BCUT2D eigenvalue weighted by Crippen LogP contribution is 2.34. The van der Waals surface area contributed by atoms with Gasteiger partial charge in [0.25, 0.3) is 0 Å². The van der Waals surface area contributed by atoms with Crippen LogP contribution in [0.3, 0.4) is 0 Å². The summed E-state index contributed by atoms with van der Waals surface area (Å²) in [4.78, 5) is 8.08. The molecule has 112 valence electrons. The summed E-state index contributed by atoms with van der Waals surface area (Å²) < 4.78 is 0.212. The predicted molar refractivity (Wildman–Crippen MR) is 93.1 cm³/mol. The standard InChI is InChI=1S/C18H24N2S/c1-14-11-17(19-12-16(14)21-18(2,3)4)20(5)13-15-9-7-6-8-10-15/h6-12H,13H2,1-5H3. The lowest BCUT2D eigenvalue weighted by Crippen LogP contribution is -2.18. The van der Waals surface area contributed by atoms with Gasteiger partial charge < -0.3 is 4.90 Å². The van der Waals surface area contributed by atoms with Gasteiger partial charge in [-0.05, 0) is 24.1 Å². The van der Waals surface area contributed by atoms with Gasteiger partial charge in [-0.3, -0.25) is 0 Å². The molecule has 0 atom stereocenters. The second-order valence-corrected chi connectivity index (χ2v) is 8.23. The smallest absolute Gasteiger partial charge is 0.128 e. The second-order valence-electron chi connectivity index (χ2n) is 6.36. The molecule has 0 aliphatic rings. The van der Waals surface area contributed by atoms with Gasteiger partial charge >= 0.3 is 0 Å². The van der Waals surface area contributed by atoms with Crippen LogP contribution in [0.1, 0.15) is 31.9 Å². The Hall–Kier alpha value is -1.48. The molecule has 0 amide bonds. The minimum Gasteiger partial charge on any atom is -0.355 e. The van der Waals surface area contributed by atoms with Crippen LogP contribution in [-0.2, 0) is 6.54 Å². The Bertz CT molecular complexity index is 588. The molecule has 0 N–H and O–H groups in total. The third-order valence-corrected chi connectivity index (χ3v) is 4.38. The van der Waals surface area contributed by atoms with E-state index in [2.05, 4.69) is 75.0 Å². The number of aromatic nitrogens is 1. The Labute approximate surface area is 132 Å². The first-order valence-corrected chi connectivity index (χ1v) is 8.07. The van der Waals surface area contributed by atoms with Crippen molar-refractivity contribution in [3.8, 4) is 0 Å². The van der Waals surface area contributed by atoms with Crippen LogP contribution < -0.4 is 4.90 Å². The van der Waals surface area contributed by atoms with Gasteiger partial charge in [0.2, 0.25) is 0 Å². The SMILES string of the molecule is Cc1cc(N(C)Cc2ccccc2)ncc1SC(C)(C)C. The number of pyridine rings is 1. The average Bonchev–Trinajstić information content (AvgIpc) is 2.40. The van der Waals surface area contributed by atoms with Gasteiger partial charge in [0.15, 0.2) is 0 Å². The predicted octanol–water partition coefficient (Wildman–Crippen LogP) is 4.92. The van der Waals surface area contributed by atoms with E-state index in [0.29, 0.717) is 0 Å². The van der Waals surface area contributed by atoms with E-state index in [4.69, 9.17) is 0 Å². The first-order valence-electron chi connectivity index (χ1n) is 7.26. The molecule has 0 unspecified atom stereocenters. The van der Waals surface area contributed by atoms with Gasteiger partial charge in [-0.15, -0.1) is 11.8 Å². The van der Waals surface area contributed by atoms with E-state index in [1.807, 2.05) is 24.0 Å². The van der Waals surface area contributed by atoms with Gasteiger partial charge in [0.1, 0.15) is 5.82 Å². The number of hydrogen-bond acceptors (Lipinski definition) is 3. The molecule has 0 aliphatic heterocycles. The molecule has 1 heterocycles. The normalized spacial score (nSPS) is 11.5. The summed E-state index contributed by atoms with van der Waals surface area (Å²) >= 11 is 1.87. The minimum absolute atomic E-state index is 0.212. The van der Waals surface area contributed by atoms with Crippen molar-refractivity contribution < 1.29 is 0 Å². The number of nitrogens with zero attached hydrogens (tertiary/aromatic N) is 2. The molecule has 0 saturated carbocycles. The Morgan fingerprint density at radius 3 is 2.38 bits per heavy atom. The van der Waals surface area contributed by atoms with Crippen molar-refractivity contribution >= 4 is 17.6 Å². The van der Waals surface area contributed by atoms with E-state index < -0.39 is 0 Å². The molecular formula is C18H24N2S. The average molecular weight is 300 g/mol. The highest BCUT2D eigenvalue weighted by Gasteiger charge is 2.15. The fourth-order valence-corrected chi connectivity index (χ4v) is 3.10. The van der Waals surface area contributed by atoms with Crippen molar-refractivity contribution in [2.24, 2.45) is 0 Å². The Balaban J connectivity index is 2.12. The molecule has 0 fully saturated rings. The van der Waals surface area contributed by atoms with E-state index in [1.54, 1.807) is 0 Å². The summed E-state index contributed by atoms with van der Waals surface area (Å²) in [6, 6.07) is 12.7. The van der Waals surface area contributed by atoms with Crippen LogP contribution >= 0.6 is 11.8 Å². The van der Waals surface area contributed by atoms with Gasteiger partial charge in [0, 0.05) is 29.4 Å². The number of thioether (sulfide) groups is 1. The third-order valence-electron chi connectivity index (χ3n) is 3.12. The zero-order chi connectivity index (χ0) is 15.5. The summed E-state index contributed by atoms with van der Waals surface area (Å²) in [7, 11) is 2.09. The largest absolute Gasteiger partial charge is 0.355 e. The first kappa shape index (κ1) is 15.9. The summed E-state index contributed by atoms with van der Waals surface area (Å²) in [6.07, 6.45) is 2.00. The van der Waals surface area contributed by atoms with Crippen LogP contribution in [0.4, 0.5) is 5.82 Å². The summed E-state index contributed by atoms with van der Waals surface area (Å²) in [5.74, 6) is 1.02. The van der Waals surface area contributed by atoms with Crippen LogP contribution in [0.2, 0.25) is 0 Å². The van der Waals surface area contributed by atoms with E-state index >= 15 is 0 Å². The quantitative estimate of drug-likeness (QED) is 0.746. The van der Waals surface area contributed by atoms with E-state index in [1.165, 1.54) is 16.0 Å².